The van der Waals surface area contributed by atoms with Gasteiger partial charge in [0.05, 0.1) is 29.2 Å². The number of hydrogen-bond acceptors (Lipinski definition) is 5. The molecule has 0 spiro atoms. The number of carbonyl (C=O) groups is 1. The number of thiazole rings is 1. The summed E-state index contributed by atoms with van der Waals surface area (Å²) in [6.45, 7) is 0.884. The van der Waals surface area contributed by atoms with Crippen LogP contribution in [-0.2, 0) is 12.7 Å². The SMILES string of the molecule is COc1ccc2nc(N(CCCn3ccnc3)C(=O)c3cccc(C(F)(F)F)c3)sc2c1. The van der Waals surface area contributed by atoms with Crippen LogP contribution in [0.2, 0.25) is 0 Å². The molecule has 6 nitrogen and oxygen atoms in total. The highest BCUT2D eigenvalue weighted by Gasteiger charge is 2.31. The molecule has 2 aromatic heterocycles. The summed E-state index contributed by atoms with van der Waals surface area (Å²) in [7, 11) is 1.56. The van der Waals surface area contributed by atoms with E-state index in [9.17, 15) is 18.0 Å². The van der Waals surface area contributed by atoms with E-state index in [1.54, 1.807) is 31.8 Å². The largest absolute Gasteiger partial charge is 0.497 e. The summed E-state index contributed by atoms with van der Waals surface area (Å²) in [5.41, 5.74) is -0.225. The van der Waals surface area contributed by atoms with Crippen molar-refractivity contribution in [2.24, 2.45) is 0 Å². The van der Waals surface area contributed by atoms with Gasteiger partial charge in [0.1, 0.15) is 5.75 Å². The summed E-state index contributed by atoms with van der Waals surface area (Å²) in [5.74, 6) is 0.122. The summed E-state index contributed by atoms with van der Waals surface area (Å²) in [6, 6.07) is 9.82. The minimum atomic E-state index is -4.53. The molecule has 2 heterocycles. The van der Waals surface area contributed by atoms with Crippen LogP contribution in [0.1, 0.15) is 22.3 Å². The van der Waals surface area contributed by atoms with Crippen LogP contribution < -0.4 is 9.64 Å². The van der Waals surface area contributed by atoms with Crippen LogP contribution in [0.5, 0.6) is 5.75 Å². The monoisotopic (exact) mass is 460 g/mol. The Balaban J connectivity index is 1.66. The van der Waals surface area contributed by atoms with Crippen LogP contribution in [0.25, 0.3) is 10.2 Å². The van der Waals surface area contributed by atoms with Crippen molar-refractivity contribution in [3.63, 3.8) is 0 Å². The number of aryl methyl sites for hydroxylation is 1. The first-order chi connectivity index (χ1) is 15.3. The highest BCUT2D eigenvalue weighted by atomic mass is 32.1. The van der Waals surface area contributed by atoms with Gasteiger partial charge in [0.2, 0.25) is 0 Å². The van der Waals surface area contributed by atoms with E-state index in [0.717, 1.165) is 16.8 Å². The van der Waals surface area contributed by atoms with Gasteiger partial charge < -0.3 is 9.30 Å². The number of hydrogen-bond donors (Lipinski definition) is 0. The van der Waals surface area contributed by atoms with Crippen molar-refractivity contribution in [1.29, 1.82) is 0 Å². The van der Waals surface area contributed by atoms with Gasteiger partial charge >= 0.3 is 6.18 Å². The highest BCUT2D eigenvalue weighted by Crippen LogP contribution is 2.33. The Labute approximate surface area is 185 Å². The fourth-order valence-corrected chi connectivity index (χ4v) is 4.25. The molecule has 0 atom stereocenters. The van der Waals surface area contributed by atoms with Crippen LogP contribution in [0, 0.1) is 0 Å². The lowest BCUT2D eigenvalue weighted by Gasteiger charge is -2.20. The predicted molar refractivity (Wildman–Crippen MR) is 116 cm³/mol. The van der Waals surface area contributed by atoms with E-state index in [0.29, 0.717) is 29.4 Å². The first-order valence-corrected chi connectivity index (χ1v) is 10.6. The molecular weight excluding hydrogens is 441 g/mol. The molecule has 2 aromatic carbocycles. The number of nitrogens with zero attached hydrogens (tertiary/aromatic N) is 4. The number of alkyl halides is 3. The molecule has 0 saturated heterocycles. The Bertz CT molecular complexity index is 1220. The van der Waals surface area contributed by atoms with Gasteiger partial charge in [-0.05, 0) is 42.8 Å². The van der Waals surface area contributed by atoms with Crippen molar-refractivity contribution in [1.82, 2.24) is 14.5 Å². The van der Waals surface area contributed by atoms with Crippen LogP contribution in [0.15, 0.2) is 61.2 Å². The molecule has 4 aromatic rings. The maximum absolute atomic E-state index is 13.3. The van der Waals surface area contributed by atoms with Crippen LogP contribution in [0.3, 0.4) is 0 Å². The molecular formula is C22H19F3N4O2S. The number of benzene rings is 2. The summed E-state index contributed by atoms with van der Waals surface area (Å²) >= 11 is 1.29. The van der Waals surface area contributed by atoms with Gasteiger partial charge in [0.25, 0.3) is 5.91 Å². The van der Waals surface area contributed by atoms with Gasteiger partial charge in [-0.1, -0.05) is 17.4 Å². The second kappa shape index (κ2) is 8.99. The zero-order chi connectivity index (χ0) is 22.7. The molecule has 0 unspecified atom stereocenters. The Morgan fingerprint density at radius 1 is 1.22 bits per heavy atom. The molecule has 0 aliphatic rings. The van der Waals surface area contributed by atoms with Gasteiger partial charge in [-0.15, -0.1) is 0 Å². The Morgan fingerprint density at radius 2 is 2.06 bits per heavy atom. The quantitative estimate of drug-likeness (QED) is 0.378. The van der Waals surface area contributed by atoms with Gasteiger partial charge in [-0.3, -0.25) is 9.69 Å². The standard InChI is InChI=1S/C22H19F3N4O2S/c1-31-17-6-7-18-19(13-17)32-21(27-18)29(10-3-9-28-11-8-26-14-28)20(30)15-4-2-5-16(12-15)22(23,24)25/h2,4-8,11-14H,3,9-10H2,1H3. The molecule has 0 aliphatic carbocycles. The molecule has 0 bridgehead atoms. The van der Waals surface area contributed by atoms with E-state index >= 15 is 0 Å². The summed E-state index contributed by atoms with van der Waals surface area (Å²) in [5, 5.41) is 0.418. The summed E-state index contributed by atoms with van der Waals surface area (Å²) < 4.78 is 47.4. The van der Waals surface area contributed by atoms with E-state index in [-0.39, 0.29) is 12.1 Å². The third-order valence-corrected chi connectivity index (χ3v) is 5.90. The van der Waals surface area contributed by atoms with Crippen LogP contribution in [-0.4, -0.2) is 34.1 Å². The zero-order valence-corrected chi connectivity index (χ0v) is 17.9. The minimum absolute atomic E-state index is 0.0423. The maximum Gasteiger partial charge on any atom is 0.416 e. The fourth-order valence-electron chi connectivity index (χ4n) is 3.23. The Hall–Kier alpha value is -3.40. The number of amides is 1. The van der Waals surface area contributed by atoms with E-state index in [1.165, 1.54) is 28.4 Å². The van der Waals surface area contributed by atoms with Crippen molar-refractivity contribution in [2.45, 2.75) is 19.1 Å². The number of imidazole rings is 1. The van der Waals surface area contributed by atoms with E-state index < -0.39 is 17.6 Å². The zero-order valence-electron chi connectivity index (χ0n) is 17.0. The first kappa shape index (κ1) is 21.8. The molecule has 0 aliphatic heterocycles. The number of halogens is 3. The molecule has 0 fully saturated rings. The van der Waals surface area contributed by atoms with Crippen molar-refractivity contribution in [3.8, 4) is 5.75 Å². The predicted octanol–water partition coefficient (Wildman–Crippen LogP) is 5.26. The van der Waals surface area contributed by atoms with Gasteiger partial charge in [0.15, 0.2) is 5.13 Å². The smallest absolute Gasteiger partial charge is 0.416 e. The lowest BCUT2D eigenvalue weighted by Crippen LogP contribution is -2.32. The fraction of sp³-hybridized carbons (Fsp3) is 0.227. The average Bonchev–Trinajstić information content (AvgIpc) is 3.45. The molecule has 4 rings (SSSR count). The van der Waals surface area contributed by atoms with Crippen molar-refractivity contribution in [2.75, 3.05) is 18.6 Å². The van der Waals surface area contributed by atoms with Gasteiger partial charge in [-0.2, -0.15) is 13.2 Å². The van der Waals surface area contributed by atoms with Crippen molar-refractivity contribution in [3.05, 3.63) is 72.3 Å². The number of carbonyl (C=O) groups excluding carboxylic acids is 1. The van der Waals surface area contributed by atoms with Crippen LogP contribution in [0.4, 0.5) is 18.3 Å². The minimum Gasteiger partial charge on any atom is -0.497 e. The van der Waals surface area contributed by atoms with Gasteiger partial charge in [0, 0.05) is 31.0 Å². The summed E-state index contributed by atoms with van der Waals surface area (Å²) in [4.78, 5) is 23.3. The topological polar surface area (TPSA) is 60.2 Å². The molecule has 0 saturated carbocycles. The number of ether oxygens (including phenoxy) is 1. The number of rotatable bonds is 7. The lowest BCUT2D eigenvalue weighted by atomic mass is 10.1. The number of fused-ring (bicyclic) bond motifs is 1. The second-order valence-corrected chi connectivity index (χ2v) is 8.03. The van der Waals surface area contributed by atoms with Gasteiger partial charge in [-0.25, -0.2) is 9.97 Å². The normalized spacial score (nSPS) is 11.6. The number of methoxy groups -OCH3 is 1. The molecule has 0 N–H and O–H groups in total. The Morgan fingerprint density at radius 3 is 2.78 bits per heavy atom. The molecule has 10 heteroatoms. The van der Waals surface area contributed by atoms with Crippen molar-refractivity contribution < 1.29 is 22.7 Å². The van der Waals surface area contributed by atoms with Crippen molar-refractivity contribution >= 4 is 32.6 Å². The third kappa shape index (κ3) is 4.75. The molecule has 0 radical (unpaired) electrons. The van der Waals surface area contributed by atoms with E-state index in [2.05, 4.69) is 9.97 Å². The highest BCUT2D eigenvalue weighted by molar-refractivity contribution is 7.22. The molecule has 1 amide bonds. The van der Waals surface area contributed by atoms with E-state index in [4.69, 9.17) is 4.74 Å². The Kier molecular flexibility index (Phi) is 6.13. The molecule has 32 heavy (non-hydrogen) atoms. The second-order valence-electron chi connectivity index (χ2n) is 7.02. The average molecular weight is 460 g/mol. The first-order valence-electron chi connectivity index (χ1n) is 9.74. The third-order valence-electron chi connectivity index (χ3n) is 4.85. The summed E-state index contributed by atoms with van der Waals surface area (Å²) in [6.07, 6.45) is 1.17. The number of aromatic nitrogens is 3. The van der Waals surface area contributed by atoms with E-state index in [1.807, 2.05) is 16.8 Å². The van der Waals surface area contributed by atoms with Crippen LogP contribution >= 0.6 is 11.3 Å². The molecule has 166 valence electrons. The lowest BCUT2D eigenvalue weighted by molar-refractivity contribution is -0.137. The maximum atomic E-state index is 13.3. The number of anilines is 1.